The quantitative estimate of drug-likeness (QED) is 0.452. The van der Waals surface area contributed by atoms with Gasteiger partial charge in [0, 0.05) is 17.3 Å². The Morgan fingerprint density at radius 2 is 1.79 bits per heavy atom. The van der Waals surface area contributed by atoms with E-state index in [0.29, 0.717) is 24.7 Å². The largest absolute Gasteiger partial charge is 0.493 e. The van der Waals surface area contributed by atoms with Crippen molar-refractivity contribution in [1.29, 1.82) is 0 Å². The number of hydrazone groups is 1. The van der Waals surface area contributed by atoms with E-state index in [4.69, 9.17) is 9.47 Å². The number of rotatable bonds is 11. The molecule has 6 nitrogen and oxygen atoms in total. The molecule has 0 spiro atoms. The van der Waals surface area contributed by atoms with Crippen LogP contribution < -0.4 is 20.2 Å². The van der Waals surface area contributed by atoms with Crippen LogP contribution in [0.25, 0.3) is 0 Å². The zero-order valence-corrected chi connectivity index (χ0v) is 16.2. The minimum Gasteiger partial charge on any atom is -0.493 e. The Bertz CT molecular complexity index is 779. The molecule has 0 aliphatic rings. The summed E-state index contributed by atoms with van der Waals surface area (Å²) in [6, 6.07) is 11.3. The minimum absolute atomic E-state index is 0.0198. The first-order valence-electron chi connectivity index (χ1n) is 9.33. The molecule has 0 radical (unpaired) electrons. The minimum atomic E-state index is -0.327. The maximum Gasteiger partial charge on any atom is 0.259 e. The van der Waals surface area contributed by atoms with Crippen molar-refractivity contribution in [3.63, 3.8) is 0 Å². The van der Waals surface area contributed by atoms with Crippen LogP contribution in [0.5, 0.6) is 11.5 Å². The highest BCUT2D eigenvalue weighted by molar-refractivity contribution is 5.86. The van der Waals surface area contributed by atoms with E-state index in [1.807, 2.05) is 32.0 Å². The van der Waals surface area contributed by atoms with Gasteiger partial charge in [-0.25, -0.2) is 9.82 Å². The topological polar surface area (TPSA) is 72.0 Å². The average molecular weight is 387 g/mol. The van der Waals surface area contributed by atoms with Crippen molar-refractivity contribution in [2.45, 2.75) is 26.7 Å². The van der Waals surface area contributed by atoms with Crippen LogP contribution in [0.2, 0.25) is 0 Å². The van der Waals surface area contributed by atoms with Crippen molar-refractivity contribution in [2.75, 3.05) is 25.1 Å². The first-order chi connectivity index (χ1) is 13.6. The van der Waals surface area contributed by atoms with E-state index in [1.165, 1.54) is 18.3 Å². The van der Waals surface area contributed by atoms with Gasteiger partial charge in [-0.3, -0.25) is 4.79 Å². The monoisotopic (exact) mass is 387 g/mol. The van der Waals surface area contributed by atoms with Gasteiger partial charge >= 0.3 is 0 Å². The zero-order valence-electron chi connectivity index (χ0n) is 16.2. The third-order valence-electron chi connectivity index (χ3n) is 3.61. The predicted molar refractivity (Wildman–Crippen MR) is 109 cm³/mol. The number of nitrogens with one attached hydrogen (secondary N) is 2. The van der Waals surface area contributed by atoms with E-state index in [-0.39, 0.29) is 18.3 Å². The van der Waals surface area contributed by atoms with Gasteiger partial charge in [0.05, 0.1) is 26.0 Å². The fraction of sp³-hybridized carbons (Fsp3) is 0.333. The third kappa shape index (κ3) is 7.26. The van der Waals surface area contributed by atoms with E-state index < -0.39 is 0 Å². The van der Waals surface area contributed by atoms with Gasteiger partial charge in [0.25, 0.3) is 5.91 Å². The van der Waals surface area contributed by atoms with Crippen molar-refractivity contribution in [2.24, 2.45) is 5.10 Å². The molecule has 150 valence electrons. The molecular formula is C21H26FN3O3. The Morgan fingerprint density at radius 1 is 1.07 bits per heavy atom. The Kier molecular flexibility index (Phi) is 8.78. The number of halogens is 1. The molecule has 0 aliphatic heterocycles. The number of nitrogens with zero attached hydrogens (tertiary/aromatic N) is 1. The van der Waals surface area contributed by atoms with Crippen LogP contribution >= 0.6 is 0 Å². The molecule has 7 heteroatoms. The number of anilines is 1. The average Bonchev–Trinajstić information content (AvgIpc) is 2.71. The summed E-state index contributed by atoms with van der Waals surface area (Å²) < 4.78 is 24.2. The maximum absolute atomic E-state index is 12.9. The Hall–Kier alpha value is -3.09. The molecule has 1 amide bonds. The van der Waals surface area contributed by atoms with Crippen LogP contribution in [0.3, 0.4) is 0 Å². The van der Waals surface area contributed by atoms with Gasteiger partial charge in [0.15, 0.2) is 0 Å². The van der Waals surface area contributed by atoms with Gasteiger partial charge in [-0.1, -0.05) is 13.8 Å². The predicted octanol–water partition coefficient (Wildman–Crippen LogP) is 3.97. The zero-order chi connectivity index (χ0) is 20.2. The molecule has 2 rings (SSSR count). The molecule has 0 saturated carbocycles. The third-order valence-corrected chi connectivity index (χ3v) is 3.61. The second-order valence-electron chi connectivity index (χ2n) is 6.05. The maximum atomic E-state index is 12.9. The SMILES string of the molecule is CCCOc1ccc(C=NNC(=O)CNc2ccc(F)cc2)c(OCCC)c1. The highest BCUT2D eigenvalue weighted by Crippen LogP contribution is 2.24. The Balaban J connectivity index is 1.91. The second kappa shape index (κ2) is 11.6. The summed E-state index contributed by atoms with van der Waals surface area (Å²) in [5.41, 5.74) is 3.84. The van der Waals surface area contributed by atoms with E-state index in [0.717, 1.165) is 24.2 Å². The van der Waals surface area contributed by atoms with Crippen LogP contribution in [-0.4, -0.2) is 31.9 Å². The first-order valence-corrected chi connectivity index (χ1v) is 9.33. The van der Waals surface area contributed by atoms with Crippen molar-refractivity contribution in [3.05, 3.63) is 53.8 Å². The molecule has 0 heterocycles. The van der Waals surface area contributed by atoms with Gasteiger partial charge in [0.1, 0.15) is 17.3 Å². The molecule has 0 atom stereocenters. The summed E-state index contributed by atoms with van der Waals surface area (Å²) in [7, 11) is 0. The lowest BCUT2D eigenvalue weighted by Gasteiger charge is -2.11. The summed E-state index contributed by atoms with van der Waals surface area (Å²) in [5, 5.41) is 6.88. The number of carbonyl (C=O) groups excluding carboxylic acids is 1. The normalized spacial score (nSPS) is 10.7. The Morgan fingerprint density at radius 3 is 2.50 bits per heavy atom. The molecule has 2 aromatic carbocycles. The number of hydrogen-bond donors (Lipinski definition) is 2. The number of amides is 1. The lowest BCUT2D eigenvalue weighted by atomic mass is 10.2. The van der Waals surface area contributed by atoms with E-state index in [9.17, 15) is 9.18 Å². The number of hydrogen-bond acceptors (Lipinski definition) is 5. The van der Waals surface area contributed by atoms with Gasteiger partial charge in [0.2, 0.25) is 0 Å². The second-order valence-corrected chi connectivity index (χ2v) is 6.05. The van der Waals surface area contributed by atoms with Gasteiger partial charge in [-0.15, -0.1) is 0 Å². The number of ether oxygens (including phenoxy) is 2. The first kappa shape index (κ1) is 21.2. The molecule has 0 unspecified atom stereocenters. The van der Waals surface area contributed by atoms with Gasteiger partial charge < -0.3 is 14.8 Å². The number of carbonyl (C=O) groups is 1. The molecule has 0 aromatic heterocycles. The van der Waals surface area contributed by atoms with Gasteiger partial charge in [-0.2, -0.15) is 5.10 Å². The molecular weight excluding hydrogens is 361 g/mol. The van der Waals surface area contributed by atoms with E-state index >= 15 is 0 Å². The summed E-state index contributed by atoms with van der Waals surface area (Å²) in [5.74, 6) is 0.738. The van der Waals surface area contributed by atoms with Crippen molar-refractivity contribution in [3.8, 4) is 11.5 Å². The fourth-order valence-corrected chi connectivity index (χ4v) is 2.23. The van der Waals surface area contributed by atoms with E-state index in [1.54, 1.807) is 12.1 Å². The van der Waals surface area contributed by atoms with Crippen LogP contribution in [0, 0.1) is 5.82 Å². The summed E-state index contributed by atoms with van der Waals surface area (Å²) >= 11 is 0. The highest BCUT2D eigenvalue weighted by Gasteiger charge is 2.05. The molecule has 28 heavy (non-hydrogen) atoms. The summed E-state index contributed by atoms with van der Waals surface area (Å²) in [4.78, 5) is 11.9. The molecule has 0 aliphatic carbocycles. The van der Waals surface area contributed by atoms with E-state index in [2.05, 4.69) is 15.8 Å². The smallest absolute Gasteiger partial charge is 0.259 e. The number of benzene rings is 2. The van der Waals surface area contributed by atoms with Crippen LogP contribution in [0.4, 0.5) is 10.1 Å². The standard InChI is InChI=1S/C21H26FN3O3/c1-3-11-27-19-10-5-16(20(13-19)28-12-4-2)14-24-25-21(26)15-23-18-8-6-17(22)7-9-18/h5-10,13-14,23H,3-4,11-12,15H2,1-2H3,(H,25,26). The lowest BCUT2D eigenvalue weighted by molar-refractivity contribution is -0.119. The van der Waals surface area contributed by atoms with Crippen molar-refractivity contribution in [1.82, 2.24) is 5.43 Å². The molecule has 2 aromatic rings. The van der Waals surface area contributed by atoms with Gasteiger partial charge in [-0.05, 0) is 49.2 Å². The van der Waals surface area contributed by atoms with Crippen molar-refractivity contribution < 1.29 is 18.7 Å². The van der Waals surface area contributed by atoms with Crippen LogP contribution in [-0.2, 0) is 4.79 Å². The Labute approximate surface area is 164 Å². The molecule has 0 saturated heterocycles. The molecule has 0 fully saturated rings. The van der Waals surface area contributed by atoms with Crippen LogP contribution in [0.15, 0.2) is 47.6 Å². The lowest BCUT2D eigenvalue weighted by Crippen LogP contribution is -2.25. The summed E-state index contributed by atoms with van der Waals surface area (Å²) in [6.07, 6.45) is 3.33. The molecule has 2 N–H and O–H groups in total. The highest BCUT2D eigenvalue weighted by atomic mass is 19.1. The van der Waals surface area contributed by atoms with Crippen LogP contribution in [0.1, 0.15) is 32.3 Å². The fourth-order valence-electron chi connectivity index (χ4n) is 2.23. The summed E-state index contributed by atoms with van der Waals surface area (Å²) in [6.45, 7) is 5.30. The molecule has 0 bridgehead atoms. The van der Waals surface area contributed by atoms with Crippen molar-refractivity contribution >= 4 is 17.8 Å².